The summed E-state index contributed by atoms with van der Waals surface area (Å²) in [5, 5.41) is 8.75. The molecule has 0 spiro atoms. The highest BCUT2D eigenvalue weighted by Crippen LogP contribution is 2.19. The Labute approximate surface area is 186 Å². The molecule has 5 nitrogen and oxygen atoms in total. The number of nitrogens with zero attached hydrogens (tertiary/aromatic N) is 1. The molecule has 2 heterocycles. The quantitative estimate of drug-likeness (QED) is 0.174. The number of rotatable bonds is 6. The van der Waals surface area contributed by atoms with Crippen LogP contribution < -0.4 is 10.6 Å². The summed E-state index contributed by atoms with van der Waals surface area (Å²) >= 11 is 0. The molecule has 4 N–H and O–H groups in total. The van der Waals surface area contributed by atoms with Crippen LogP contribution in [0, 0.1) is 5.82 Å². The Balaban J connectivity index is 0.00000240. The van der Waals surface area contributed by atoms with Gasteiger partial charge in [0.1, 0.15) is 5.82 Å². The van der Waals surface area contributed by atoms with Crippen molar-refractivity contribution >= 4 is 51.7 Å². The van der Waals surface area contributed by atoms with Crippen LogP contribution in [0.5, 0.6) is 0 Å². The van der Waals surface area contributed by atoms with E-state index < -0.39 is 0 Å². The molecule has 0 aliphatic heterocycles. The van der Waals surface area contributed by atoms with Crippen molar-refractivity contribution in [3.63, 3.8) is 0 Å². The van der Waals surface area contributed by atoms with E-state index in [0.29, 0.717) is 13.1 Å². The van der Waals surface area contributed by atoms with Crippen molar-refractivity contribution in [2.75, 3.05) is 13.1 Å². The van der Waals surface area contributed by atoms with Gasteiger partial charge in [0.2, 0.25) is 0 Å². The van der Waals surface area contributed by atoms with Gasteiger partial charge >= 0.3 is 0 Å². The fraction of sp³-hybridized carbons (Fsp3) is 0.227. The molecule has 0 aliphatic carbocycles. The molecule has 29 heavy (non-hydrogen) atoms. The van der Waals surface area contributed by atoms with Crippen molar-refractivity contribution in [2.45, 2.75) is 19.9 Å². The summed E-state index contributed by atoms with van der Waals surface area (Å²) in [5.41, 5.74) is 4.24. The van der Waals surface area contributed by atoms with Crippen LogP contribution >= 0.6 is 24.0 Å². The molecular formula is C22H25FIN5. The number of aliphatic imine (C=N–C) groups is 1. The van der Waals surface area contributed by atoms with E-state index in [9.17, 15) is 4.39 Å². The second kappa shape index (κ2) is 9.78. The molecule has 2 aromatic heterocycles. The number of aromatic nitrogens is 2. The molecule has 0 aliphatic rings. The molecule has 0 saturated carbocycles. The predicted molar refractivity (Wildman–Crippen MR) is 128 cm³/mol. The molecule has 0 atom stereocenters. The lowest BCUT2D eigenvalue weighted by Gasteiger charge is -2.11. The first-order chi connectivity index (χ1) is 13.7. The molecule has 7 heteroatoms. The first-order valence-electron chi connectivity index (χ1n) is 9.57. The van der Waals surface area contributed by atoms with Gasteiger partial charge in [-0.05, 0) is 54.6 Å². The Bertz CT molecular complexity index is 1080. The highest BCUT2D eigenvalue weighted by Gasteiger charge is 2.06. The Hall–Kier alpha value is -2.55. The molecule has 4 rings (SSSR count). The lowest BCUT2D eigenvalue weighted by atomic mass is 10.1. The van der Waals surface area contributed by atoms with Crippen LogP contribution in [0.15, 0.2) is 59.7 Å². The fourth-order valence-corrected chi connectivity index (χ4v) is 3.40. The van der Waals surface area contributed by atoms with E-state index >= 15 is 0 Å². The van der Waals surface area contributed by atoms with Gasteiger partial charge < -0.3 is 20.6 Å². The Kier molecular flexibility index (Phi) is 7.13. The van der Waals surface area contributed by atoms with E-state index in [1.807, 2.05) is 25.3 Å². The van der Waals surface area contributed by atoms with Gasteiger partial charge in [0.05, 0.1) is 6.54 Å². The van der Waals surface area contributed by atoms with E-state index in [1.54, 1.807) is 12.1 Å². The topological polar surface area (TPSA) is 68.0 Å². The molecule has 0 bridgehead atoms. The number of nitrogens with one attached hydrogen (secondary N) is 4. The lowest BCUT2D eigenvalue weighted by molar-refractivity contribution is 0.629. The van der Waals surface area contributed by atoms with E-state index in [-0.39, 0.29) is 29.8 Å². The number of hydrogen-bond acceptors (Lipinski definition) is 1. The number of halogens is 2. The average Bonchev–Trinajstić information content (AvgIpc) is 3.29. The average molecular weight is 505 g/mol. The molecular weight excluding hydrogens is 480 g/mol. The minimum Gasteiger partial charge on any atom is -0.361 e. The largest absolute Gasteiger partial charge is 0.361 e. The van der Waals surface area contributed by atoms with E-state index in [2.05, 4.69) is 43.8 Å². The van der Waals surface area contributed by atoms with Crippen LogP contribution in [-0.4, -0.2) is 29.0 Å². The summed E-state index contributed by atoms with van der Waals surface area (Å²) in [5.74, 6) is 0.557. The van der Waals surface area contributed by atoms with Crippen molar-refractivity contribution in [1.29, 1.82) is 0 Å². The summed E-state index contributed by atoms with van der Waals surface area (Å²) in [6, 6.07) is 15.2. The number of fused-ring (bicyclic) bond motifs is 2. The van der Waals surface area contributed by atoms with Crippen molar-refractivity contribution in [3.8, 4) is 0 Å². The van der Waals surface area contributed by atoms with Crippen LogP contribution in [0.4, 0.5) is 4.39 Å². The normalized spacial score (nSPS) is 11.6. The molecule has 0 radical (unpaired) electrons. The number of para-hydroxylation sites is 1. The van der Waals surface area contributed by atoms with E-state index in [4.69, 9.17) is 0 Å². The Morgan fingerprint density at radius 1 is 1.07 bits per heavy atom. The standard InChI is InChI=1S/C22H24FN5.HI/c1-2-24-22(27-14-18-11-15-5-3-4-6-20(15)28-18)25-10-9-16-13-26-21-8-7-17(23)12-19(16)21;/h3-8,11-13,26,28H,2,9-10,14H2,1H3,(H2,24,25,27);1H. The molecule has 2 aromatic carbocycles. The Morgan fingerprint density at radius 2 is 1.93 bits per heavy atom. The maximum absolute atomic E-state index is 13.5. The molecule has 0 fully saturated rings. The zero-order valence-corrected chi connectivity index (χ0v) is 18.6. The summed E-state index contributed by atoms with van der Waals surface area (Å²) < 4.78 is 13.5. The monoisotopic (exact) mass is 505 g/mol. The van der Waals surface area contributed by atoms with Crippen molar-refractivity contribution in [2.24, 2.45) is 4.99 Å². The van der Waals surface area contributed by atoms with Gasteiger partial charge in [-0.3, -0.25) is 0 Å². The zero-order chi connectivity index (χ0) is 19.3. The third-order valence-electron chi connectivity index (χ3n) is 4.75. The lowest BCUT2D eigenvalue weighted by Crippen LogP contribution is -2.38. The Morgan fingerprint density at radius 3 is 2.76 bits per heavy atom. The molecule has 4 aromatic rings. The molecule has 0 saturated heterocycles. The van der Waals surface area contributed by atoms with Crippen LogP contribution in [0.3, 0.4) is 0 Å². The minimum atomic E-state index is -0.213. The summed E-state index contributed by atoms with van der Waals surface area (Å²) in [7, 11) is 0. The summed E-state index contributed by atoms with van der Waals surface area (Å²) in [6.07, 6.45) is 2.72. The van der Waals surface area contributed by atoms with Crippen molar-refractivity contribution < 1.29 is 4.39 Å². The van der Waals surface area contributed by atoms with Gasteiger partial charge in [0, 0.05) is 41.4 Å². The van der Waals surface area contributed by atoms with Crippen molar-refractivity contribution in [1.82, 2.24) is 20.6 Å². The van der Waals surface area contributed by atoms with Crippen LogP contribution in [0.1, 0.15) is 18.2 Å². The van der Waals surface area contributed by atoms with Gasteiger partial charge in [-0.2, -0.15) is 0 Å². The molecule has 0 amide bonds. The van der Waals surface area contributed by atoms with Crippen molar-refractivity contribution in [3.05, 3.63) is 71.8 Å². The van der Waals surface area contributed by atoms with Gasteiger partial charge in [-0.15, -0.1) is 24.0 Å². The molecule has 0 unspecified atom stereocenters. The third kappa shape index (κ3) is 5.09. The maximum Gasteiger partial charge on any atom is 0.191 e. The minimum absolute atomic E-state index is 0. The van der Waals surface area contributed by atoms with Crippen LogP contribution in [0.25, 0.3) is 21.8 Å². The number of aromatic amines is 2. The maximum atomic E-state index is 13.5. The van der Waals surface area contributed by atoms with E-state index in [0.717, 1.165) is 46.6 Å². The highest BCUT2D eigenvalue weighted by molar-refractivity contribution is 14.0. The van der Waals surface area contributed by atoms with E-state index in [1.165, 1.54) is 11.5 Å². The second-order valence-electron chi connectivity index (χ2n) is 6.76. The molecule has 152 valence electrons. The predicted octanol–water partition coefficient (Wildman–Crippen LogP) is 4.70. The summed E-state index contributed by atoms with van der Waals surface area (Å²) in [6.45, 7) is 4.11. The zero-order valence-electron chi connectivity index (χ0n) is 16.3. The fourth-order valence-electron chi connectivity index (χ4n) is 3.40. The highest BCUT2D eigenvalue weighted by atomic mass is 127. The number of H-pyrrole nitrogens is 2. The second-order valence-corrected chi connectivity index (χ2v) is 6.76. The first kappa shape index (κ1) is 21.2. The number of benzene rings is 2. The van der Waals surface area contributed by atoms with Crippen LogP contribution in [-0.2, 0) is 13.0 Å². The van der Waals surface area contributed by atoms with Gasteiger partial charge in [-0.25, -0.2) is 9.38 Å². The van der Waals surface area contributed by atoms with Gasteiger partial charge in [0.15, 0.2) is 5.96 Å². The van der Waals surface area contributed by atoms with Crippen LogP contribution in [0.2, 0.25) is 0 Å². The third-order valence-corrected chi connectivity index (χ3v) is 4.75. The number of guanidine groups is 1. The van der Waals surface area contributed by atoms with Gasteiger partial charge in [-0.1, -0.05) is 18.2 Å². The SMILES string of the molecule is CCNC(=NCc1cc2ccccc2[nH]1)NCCc1c[nH]c2ccc(F)cc12.I. The summed E-state index contributed by atoms with van der Waals surface area (Å²) in [4.78, 5) is 11.3. The number of hydrogen-bond donors (Lipinski definition) is 4. The van der Waals surface area contributed by atoms with Gasteiger partial charge in [0.25, 0.3) is 0 Å². The smallest absolute Gasteiger partial charge is 0.191 e. The first-order valence-corrected chi connectivity index (χ1v) is 9.57.